The largest absolute Gasteiger partial charge is 0.458 e. The number of carbonyl (C=O) groups excluding carboxylic acids is 2. The molecule has 1 unspecified atom stereocenters. The van der Waals surface area contributed by atoms with Gasteiger partial charge < -0.3 is 14.2 Å². The van der Waals surface area contributed by atoms with Crippen LogP contribution in [0.3, 0.4) is 0 Å². The number of carbonyl (C=O) groups is 2. The van der Waals surface area contributed by atoms with E-state index in [9.17, 15) is 9.59 Å². The molecule has 1 aromatic heterocycles. The van der Waals surface area contributed by atoms with Crippen molar-refractivity contribution in [3.05, 3.63) is 23.5 Å². The van der Waals surface area contributed by atoms with Crippen molar-refractivity contribution in [2.75, 3.05) is 13.1 Å². The number of nitrogens with zero attached hydrogens (tertiary/aromatic N) is 3. The lowest BCUT2D eigenvalue weighted by Gasteiger charge is -2.19. The second kappa shape index (κ2) is 6.44. The molecule has 1 aliphatic heterocycles. The smallest absolute Gasteiger partial charge is 0.355 e. The maximum atomic E-state index is 12.0. The first-order valence-electron chi connectivity index (χ1n) is 7.06. The van der Waals surface area contributed by atoms with Gasteiger partial charge in [0.2, 0.25) is 5.91 Å². The Balaban J connectivity index is 1.85. The SMILES string of the molecule is CC(CCN1CCCC1=O)OC(=O)c1cc(C#N)cn1C. The summed E-state index contributed by atoms with van der Waals surface area (Å²) in [6, 6.07) is 3.50. The van der Waals surface area contributed by atoms with Crippen molar-refractivity contribution in [1.29, 1.82) is 5.26 Å². The molecule has 0 N–H and O–H groups in total. The summed E-state index contributed by atoms with van der Waals surface area (Å²) in [6.07, 6.45) is 3.46. The van der Waals surface area contributed by atoms with Crippen molar-refractivity contribution in [1.82, 2.24) is 9.47 Å². The molecule has 0 spiro atoms. The monoisotopic (exact) mass is 289 g/mol. The number of aryl methyl sites for hydroxylation is 1. The van der Waals surface area contributed by atoms with Gasteiger partial charge in [0.15, 0.2) is 0 Å². The average molecular weight is 289 g/mol. The Bertz CT molecular complexity index is 585. The van der Waals surface area contributed by atoms with E-state index in [2.05, 4.69) is 0 Å². The second-order valence-corrected chi connectivity index (χ2v) is 5.33. The topological polar surface area (TPSA) is 75.3 Å². The highest BCUT2D eigenvalue weighted by molar-refractivity contribution is 5.88. The second-order valence-electron chi connectivity index (χ2n) is 5.33. The van der Waals surface area contributed by atoms with Gasteiger partial charge in [0, 0.05) is 39.2 Å². The number of likely N-dealkylation sites (tertiary alicyclic amines) is 1. The van der Waals surface area contributed by atoms with Crippen LogP contribution in [0.4, 0.5) is 0 Å². The molecule has 0 aliphatic carbocycles. The van der Waals surface area contributed by atoms with Gasteiger partial charge in [0.05, 0.1) is 5.56 Å². The lowest BCUT2D eigenvalue weighted by atomic mass is 10.2. The third kappa shape index (κ3) is 3.63. The molecule has 1 atom stereocenters. The average Bonchev–Trinajstić information content (AvgIpc) is 3.02. The zero-order valence-electron chi connectivity index (χ0n) is 12.3. The molecule has 0 saturated carbocycles. The van der Waals surface area contributed by atoms with E-state index in [1.54, 1.807) is 22.7 Å². The van der Waals surface area contributed by atoms with Crippen LogP contribution in [-0.2, 0) is 16.6 Å². The Morgan fingerprint density at radius 1 is 1.57 bits per heavy atom. The molecule has 0 aromatic carbocycles. The lowest BCUT2D eigenvalue weighted by molar-refractivity contribution is -0.127. The fourth-order valence-electron chi connectivity index (χ4n) is 2.41. The fourth-order valence-corrected chi connectivity index (χ4v) is 2.41. The number of aromatic nitrogens is 1. The number of ether oxygens (including phenoxy) is 1. The highest BCUT2D eigenvalue weighted by atomic mass is 16.5. The number of esters is 1. The molecule has 6 heteroatoms. The third-order valence-electron chi connectivity index (χ3n) is 3.63. The minimum absolute atomic E-state index is 0.176. The maximum Gasteiger partial charge on any atom is 0.355 e. The predicted molar refractivity (Wildman–Crippen MR) is 75.4 cm³/mol. The van der Waals surface area contributed by atoms with Crippen LogP contribution in [0.2, 0.25) is 0 Å². The molecule has 0 radical (unpaired) electrons. The normalized spacial score (nSPS) is 15.9. The third-order valence-corrected chi connectivity index (χ3v) is 3.63. The summed E-state index contributed by atoms with van der Waals surface area (Å²) in [5.74, 6) is -0.270. The molecular formula is C15H19N3O3. The molecule has 6 nitrogen and oxygen atoms in total. The summed E-state index contributed by atoms with van der Waals surface area (Å²) in [5, 5.41) is 8.82. The number of hydrogen-bond acceptors (Lipinski definition) is 4. The van der Waals surface area contributed by atoms with Crippen LogP contribution in [0.25, 0.3) is 0 Å². The van der Waals surface area contributed by atoms with E-state index in [4.69, 9.17) is 10.00 Å². The van der Waals surface area contributed by atoms with Gasteiger partial charge in [-0.25, -0.2) is 4.79 Å². The summed E-state index contributed by atoms with van der Waals surface area (Å²) in [7, 11) is 1.70. The minimum Gasteiger partial charge on any atom is -0.458 e. The van der Waals surface area contributed by atoms with Crippen molar-refractivity contribution >= 4 is 11.9 Å². The van der Waals surface area contributed by atoms with E-state index >= 15 is 0 Å². The summed E-state index contributed by atoms with van der Waals surface area (Å²) >= 11 is 0. The molecule has 2 heterocycles. The van der Waals surface area contributed by atoms with E-state index in [-0.39, 0.29) is 12.0 Å². The van der Waals surface area contributed by atoms with Gasteiger partial charge >= 0.3 is 5.97 Å². The summed E-state index contributed by atoms with van der Waals surface area (Å²) in [4.78, 5) is 25.3. The zero-order valence-corrected chi connectivity index (χ0v) is 12.3. The molecule has 1 amide bonds. The van der Waals surface area contributed by atoms with Crippen molar-refractivity contribution < 1.29 is 14.3 Å². The Morgan fingerprint density at radius 3 is 2.90 bits per heavy atom. The first kappa shape index (κ1) is 15.1. The van der Waals surface area contributed by atoms with Gasteiger partial charge in [-0.1, -0.05) is 0 Å². The fraction of sp³-hybridized carbons (Fsp3) is 0.533. The van der Waals surface area contributed by atoms with Crippen LogP contribution in [0, 0.1) is 11.3 Å². The first-order chi connectivity index (χ1) is 10.0. The predicted octanol–water partition coefficient (Wildman–Crippen LogP) is 1.45. The Morgan fingerprint density at radius 2 is 2.33 bits per heavy atom. The summed E-state index contributed by atoms with van der Waals surface area (Å²) in [5.41, 5.74) is 0.787. The maximum absolute atomic E-state index is 12.0. The zero-order chi connectivity index (χ0) is 15.4. The van der Waals surface area contributed by atoms with E-state index in [1.807, 2.05) is 13.0 Å². The summed E-state index contributed by atoms with van der Waals surface area (Å²) < 4.78 is 6.94. The van der Waals surface area contributed by atoms with Crippen LogP contribution in [-0.4, -0.2) is 40.5 Å². The summed E-state index contributed by atoms with van der Waals surface area (Å²) in [6.45, 7) is 3.22. The van der Waals surface area contributed by atoms with Crippen LogP contribution >= 0.6 is 0 Å². The first-order valence-corrected chi connectivity index (χ1v) is 7.06. The lowest BCUT2D eigenvalue weighted by Crippen LogP contribution is -2.29. The van der Waals surface area contributed by atoms with E-state index in [1.165, 1.54) is 6.07 Å². The van der Waals surface area contributed by atoms with Gasteiger partial charge in [-0.15, -0.1) is 0 Å². The van der Waals surface area contributed by atoms with Crippen LogP contribution in [0.5, 0.6) is 0 Å². The molecular weight excluding hydrogens is 270 g/mol. The standard InChI is InChI=1S/C15H19N3O3/c1-11(5-7-18-6-3-4-14(18)19)21-15(20)13-8-12(9-16)10-17(13)2/h8,10-11H,3-7H2,1-2H3. The highest BCUT2D eigenvalue weighted by Gasteiger charge is 2.22. The minimum atomic E-state index is -0.445. The van der Waals surface area contributed by atoms with Gasteiger partial charge in [0.25, 0.3) is 0 Å². The Labute approximate surface area is 123 Å². The molecule has 0 bridgehead atoms. The van der Waals surface area contributed by atoms with E-state index in [0.717, 1.165) is 13.0 Å². The highest BCUT2D eigenvalue weighted by Crippen LogP contribution is 2.13. The molecule has 2 rings (SSSR count). The Kier molecular flexibility index (Phi) is 4.63. The number of nitriles is 1. The van der Waals surface area contributed by atoms with Crippen molar-refractivity contribution in [3.63, 3.8) is 0 Å². The molecule has 1 saturated heterocycles. The van der Waals surface area contributed by atoms with E-state index < -0.39 is 5.97 Å². The van der Waals surface area contributed by atoms with Gasteiger partial charge in [0.1, 0.15) is 17.9 Å². The Hall–Kier alpha value is -2.29. The number of rotatable bonds is 5. The van der Waals surface area contributed by atoms with Crippen molar-refractivity contribution in [3.8, 4) is 6.07 Å². The molecule has 1 fully saturated rings. The quantitative estimate of drug-likeness (QED) is 0.769. The molecule has 112 valence electrons. The molecule has 1 aromatic rings. The van der Waals surface area contributed by atoms with Gasteiger partial charge in [-0.2, -0.15) is 5.26 Å². The number of hydrogen-bond donors (Lipinski definition) is 0. The van der Waals surface area contributed by atoms with Crippen molar-refractivity contribution in [2.24, 2.45) is 7.05 Å². The molecule has 1 aliphatic rings. The van der Waals surface area contributed by atoms with Crippen LogP contribution < -0.4 is 0 Å². The van der Waals surface area contributed by atoms with Crippen molar-refractivity contribution in [2.45, 2.75) is 32.3 Å². The van der Waals surface area contributed by atoms with Gasteiger partial charge in [-0.3, -0.25) is 4.79 Å². The van der Waals surface area contributed by atoms with Crippen LogP contribution in [0.1, 0.15) is 42.2 Å². The number of amides is 1. The van der Waals surface area contributed by atoms with E-state index in [0.29, 0.717) is 30.6 Å². The van der Waals surface area contributed by atoms with Gasteiger partial charge in [-0.05, 0) is 19.4 Å². The van der Waals surface area contributed by atoms with Crippen LogP contribution in [0.15, 0.2) is 12.3 Å². The molecule has 21 heavy (non-hydrogen) atoms.